The van der Waals surface area contributed by atoms with Crippen LogP contribution in [0.5, 0.6) is 0 Å². The number of hydrogen-bond donors (Lipinski definition) is 2. The number of aryl methyl sites for hydroxylation is 1. The van der Waals surface area contributed by atoms with Crippen molar-refractivity contribution >= 4 is 29.9 Å². The number of nitrogens with zero attached hydrogens (tertiary/aromatic N) is 3. The number of benzene rings is 2. The SMILES string of the molecule is Cc1ccc(C(=O)Nc2cccc(C(C)C)c2)cc1N1CCc2nc(S)ncc2C1. The Labute approximate surface area is 183 Å². The molecule has 1 aliphatic heterocycles. The monoisotopic (exact) mass is 418 g/mol. The zero-order valence-electron chi connectivity index (χ0n) is 17.5. The Morgan fingerprint density at radius 3 is 2.83 bits per heavy atom. The molecule has 5 nitrogen and oxygen atoms in total. The van der Waals surface area contributed by atoms with Crippen LogP contribution in [0.1, 0.15) is 52.5 Å². The summed E-state index contributed by atoms with van der Waals surface area (Å²) in [6.07, 6.45) is 2.69. The lowest BCUT2D eigenvalue weighted by Gasteiger charge is -2.31. The van der Waals surface area contributed by atoms with Crippen LogP contribution in [-0.2, 0) is 13.0 Å². The highest BCUT2D eigenvalue weighted by Gasteiger charge is 2.21. The molecule has 0 radical (unpaired) electrons. The minimum absolute atomic E-state index is 0.0994. The van der Waals surface area contributed by atoms with Crippen LogP contribution in [-0.4, -0.2) is 22.4 Å². The second-order valence-electron chi connectivity index (χ2n) is 8.05. The van der Waals surface area contributed by atoms with Gasteiger partial charge in [0.15, 0.2) is 5.16 Å². The van der Waals surface area contributed by atoms with Gasteiger partial charge in [0, 0.05) is 48.2 Å². The summed E-state index contributed by atoms with van der Waals surface area (Å²) in [5.41, 5.74) is 7.05. The Balaban J connectivity index is 1.55. The van der Waals surface area contributed by atoms with E-state index in [4.69, 9.17) is 0 Å². The minimum atomic E-state index is -0.0994. The minimum Gasteiger partial charge on any atom is -0.366 e. The van der Waals surface area contributed by atoms with Crippen molar-refractivity contribution in [2.75, 3.05) is 16.8 Å². The van der Waals surface area contributed by atoms with Gasteiger partial charge in [-0.05, 0) is 48.2 Å². The van der Waals surface area contributed by atoms with Crippen molar-refractivity contribution in [1.29, 1.82) is 0 Å². The van der Waals surface area contributed by atoms with E-state index >= 15 is 0 Å². The fourth-order valence-corrected chi connectivity index (χ4v) is 3.96. The number of amides is 1. The molecule has 1 aromatic heterocycles. The van der Waals surface area contributed by atoms with Crippen molar-refractivity contribution in [2.24, 2.45) is 0 Å². The number of carbonyl (C=O) groups is 1. The lowest BCUT2D eigenvalue weighted by atomic mass is 10.0. The van der Waals surface area contributed by atoms with Crippen molar-refractivity contribution in [3.63, 3.8) is 0 Å². The zero-order chi connectivity index (χ0) is 21.3. The first-order valence-corrected chi connectivity index (χ1v) is 10.7. The molecular weight excluding hydrogens is 392 g/mol. The Morgan fingerprint density at radius 2 is 2.03 bits per heavy atom. The molecule has 3 aromatic rings. The first-order chi connectivity index (χ1) is 14.4. The number of carbonyl (C=O) groups excluding carboxylic acids is 1. The number of fused-ring (bicyclic) bond motifs is 1. The van der Waals surface area contributed by atoms with Crippen molar-refractivity contribution in [1.82, 2.24) is 9.97 Å². The van der Waals surface area contributed by atoms with Gasteiger partial charge in [-0.3, -0.25) is 4.79 Å². The van der Waals surface area contributed by atoms with Crippen LogP contribution in [0.4, 0.5) is 11.4 Å². The van der Waals surface area contributed by atoms with Crippen LogP contribution in [0.15, 0.2) is 53.8 Å². The lowest BCUT2D eigenvalue weighted by molar-refractivity contribution is 0.102. The van der Waals surface area contributed by atoms with Gasteiger partial charge in [-0.1, -0.05) is 32.0 Å². The average Bonchev–Trinajstić information content (AvgIpc) is 2.74. The summed E-state index contributed by atoms with van der Waals surface area (Å²) >= 11 is 4.24. The van der Waals surface area contributed by atoms with Crippen LogP contribution in [0.25, 0.3) is 0 Å². The number of aromatic nitrogens is 2. The highest BCUT2D eigenvalue weighted by Crippen LogP contribution is 2.28. The number of rotatable bonds is 4. The predicted octanol–water partition coefficient (Wildman–Crippen LogP) is 5.01. The molecule has 154 valence electrons. The lowest BCUT2D eigenvalue weighted by Crippen LogP contribution is -2.32. The van der Waals surface area contributed by atoms with Crippen LogP contribution in [0.3, 0.4) is 0 Å². The number of nitrogens with one attached hydrogen (secondary N) is 1. The molecule has 0 saturated heterocycles. The summed E-state index contributed by atoms with van der Waals surface area (Å²) < 4.78 is 0. The van der Waals surface area contributed by atoms with Gasteiger partial charge in [-0.2, -0.15) is 0 Å². The molecule has 0 spiro atoms. The zero-order valence-corrected chi connectivity index (χ0v) is 18.4. The van der Waals surface area contributed by atoms with Crippen LogP contribution >= 0.6 is 12.6 Å². The molecule has 2 aromatic carbocycles. The van der Waals surface area contributed by atoms with Gasteiger partial charge in [-0.15, -0.1) is 12.6 Å². The highest BCUT2D eigenvalue weighted by molar-refractivity contribution is 7.80. The van der Waals surface area contributed by atoms with Gasteiger partial charge in [-0.25, -0.2) is 9.97 Å². The largest absolute Gasteiger partial charge is 0.366 e. The fraction of sp³-hybridized carbons (Fsp3) is 0.292. The maximum atomic E-state index is 12.9. The van der Waals surface area contributed by atoms with Gasteiger partial charge < -0.3 is 10.2 Å². The molecule has 0 saturated carbocycles. The molecule has 1 aliphatic rings. The molecule has 0 unspecified atom stereocenters. The molecule has 1 amide bonds. The van der Waals surface area contributed by atoms with Crippen molar-refractivity contribution in [3.8, 4) is 0 Å². The van der Waals surface area contributed by atoms with E-state index in [1.54, 1.807) is 0 Å². The summed E-state index contributed by atoms with van der Waals surface area (Å²) in [7, 11) is 0. The average molecular weight is 419 g/mol. The molecule has 2 heterocycles. The summed E-state index contributed by atoms with van der Waals surface area (Å²) in [5.74, 6) is 0.315. The summed E-state index contributed by atoms with van der Waals surface area (Å²) in [5, 5.41) is 3.55. The van der Waals surface area contributed by atoms with Gasteiger partial charge in [0.1, 0.15) is 0 Å². The maximum Gasteiger partial charge on any atom is 0.255 e. The maximum absolute atomic E-state index is 12.9. The third-order valence-corrected chi connectivity index (χ3v) is 5.76. The number of anilines is 2. The van der Waals surface area contributed by atoms with E-state index < -0.39 is 0 Å². The van der Waals surface area contributed by atoms with E-state index in [1.807, 2.05) is 42.6 Å². The van der Waals surface area contributed by atoms with Crippen LogP contribution in [0, 0.1) is 6.92 Å². The smallest absolute Gasteiger partial charge is 0.255 e. The molecular formula is C24H26N4OS. The predicted molar refractivity (Wildman–Crippen MR) is 124 cm³/mol. The van der Waals surface area contributed by atoms with Crippen LogP contribution < -0.4 is 10.2 Å². The van der Waals surface area contributed by atoms with Crippen molar-refractivity contribution < 1.29 is 4.79 Å². The molecule has 4 rings (SSSR count). The second-order valence-corrected chi connectivity index (χ2v) is 8.45. The topological polar surface area (TPSA) is 58.1 Å². The van der Waals surface area contributed by atoms with Crippen LogP contribution in [0.2, 0.25) is 0 Å². The fourth-order valence-electron chi connectivity index (χ4n) is 3.78. The Hall–Kier alpha value is -2.86. The van der Waals surface area contributed by atoms with E-state index in [9.17, 15) is 4.79 Å². The highest BCUT2D eigenvalue weighted by atomic mass is 32.1. The Bertz CT molecular complexity index is 1100. The van der Waals surface area contributed by atoms with Crippen molar-refractivity contribution in [3.05, 3.63) is 76.6 Å². The summed E-state index contributed by atoms with van der Waals surface area (Å²) in [4.78, 5) is 23.9. The number of thiol groups is 1. The van der Waals surface area contributed by atoms with E-state index in [1.165, 1.54) is 5.56 Å². The second kappa shape index (κ2) is 8.48. The molecule has 0 bridgehead atoms. The third kappa shape index (κ3) is 4.33. The van der Waals surface area contributed by atoms with E-state index in [0.717, 1.165) is 47.7 Å². The Morgan fingerprint density at radius 1 is 1.20 bits per heavy atom. The van der Waals surface area contributed by atoms with Gasteiger partial charge in [0.05, 0.1) is 5.69 Å². The Kier molecular flexibility index (Phi) is 5.77. The van der Waals surface area contributed by atoms with E-state index in [2.05, 4.69) is 59.7 Å². The molecule has 0 fully saturated rings. The van der Waals surface area contributed by atoms with E-state index in [-0.39, 0.29) is 5.91 Å². The standard InChI is InChI=1S/C24H26N4OS/c1-15(2)17-5-4-6-20(11-17)26-23(29)18-8-7-16(3)22(12-18)28-10-9-21-19(14-28)13-25-24(30)27-21/h4-8,11-13,15H,9-10,14H2,1-3H3,(H,26,29)(H,25,27,30). The quantitative estimate of drug-likeness (QED) is 0.462. The van der Waals surface area contributed by atoms with E-state index in [0.29, 0.717) is 16.6 Å². The van der Waals surface area contributed by atoms with Gasteiger partial charge in [0.25, 0.3) is 5.91 Å². The third-order valence-electron chi connectivity index (χ3n) is 5.54. The summed E-state index contributed by atoms with van der Waals surface area (Å²) in [6, 6.07) is 13.9. The molecule has 0 aliphatic carbocycles. The van der Waals surface area contributed by atoms with Crippen molar-refractivity contribution in [2.45, 2.75) is 44.8 Å². The van der Waals surface area contributed by atoms with Gasteiger partial charge in [0.2, 0.25) is 0 Å². The molecule has 30 heavy (non-hydrogen) atoms. The van der Waals surface area contributed by atoms with Gasteiger partial charge >= 0.3 is 0 Å². The number of hydrogen-bond acceptors (Lipinski definition) is 5. The summed E-state index contributed by atoms with van der Waals surface area (Å²) in [6.45, 7) is 7.94. The molecule has 1 N–H and O–H groups in total. The molecule has 6 heteroatoms. The first-order valence-electron chi connectivity index (χ1n) is 10.2. The normalized spacial score (nSPS) is 13.3. The molecule has 0 atom stereocenters. The first kappa shape index (κ1) is 20.4.